The Morgan fingerprint density at radius 3 is 2.39 bits per heavy atom. The first-order valence-corrected chi connectivity index (χ1v) is 14.7. The van der Waals surface area contributed by atoms with Crippen LogP contribution < -0.4 is 9.47 Å². The molecule has 7 nitrogen and oxygen atoms in total. The minimum Gasteiger partial charge on any atom is -0.494 e. The summed E-state index contributed by atoms with van der Waals surface area (Å²) in [6, 6.07) is 17.4. The second kappa shape index (κ2) is 14.2. The maximum absolute atomic E-state index is 13.3. The van der Waals surface area contributed by atoms with Gasteiger partial charge in [0.25, 0.3) is 5.91 Å². The monoisotopic (exact) mass is 630 g/mol. The van der Waals surface area contributed by atoms with Crippen molar-refractivity contribution in [2.45, 2.75) is 6.42 Å². The van der Waals surface area contributed by atoms with E-state index in [1.54, 1.807) is 29.2 Å². The van der Waals surface area contributed by atoms with Crippen molar-refractivity contribution in [3.8, 4) is 22.6 Å². The highest BCUT2D eigenvalue weighted by molar-refractivity contribution is 8.26. The van der Waals surface area contributed by atoms with Gasteiger partial charge in [-0.2, -0.15) is 0 Å². The highest BCUT2D eigenvalue weighted by Gasteiger charge is 2.32. The number of rotatable bonds is 12. The highest BCUT2D eigenvalue weighted by Crippen LogP contribution is 2.37. The van der Waals surface area contributed by atoms with Crippen LogP contribution in [-0.4, -0.2) is 71.5 Å². The summed E-state index contributed by atoms with van der Waals surface area (Å²) >= 11 is 19.1. The highest BCUT2D eigenvalue weighted by atomic mass is 35.5. The Bertz CT molecular complexity index is 1480. The maximum atomic E-state index is 13.3. The van der Waals surface area contributed by atoms with Crippen LogP contribution in [0.4, 0.5) is 0 Å². The van der Waals surface area contributed by atoms with E-state index in [9.17, 15) is 9.59 Å². The molecular weight excluding hydrogens is 603 g/mol. The number of amides is 1. The third-order valence-corrected chi connectivity index (χ3v) is 8.23. The first kappa shape index (κ1) is 30.9. The normalized spacial score (nSPS) is 14.3. The first-order valence-electron chi connectivity index (χ1n) is 12.7. The van der Waals surface area contributed by atoms with Crippen molar-refractivity contribution in [2.75, 3.05) is 40.4 Å². The van der Waals surface area contributed by atoms with Gasteiger partial charge < -0.3 is 19.5 Å². The van der Waals surface area contributed by atoms with Crippen molar-refractivity contribution >= 4 is 69.5 Å². The standard InChI is InChI=1S/C30H28Cl2N2O5S2/c1-33(2)13-15-39-26-11-7-20(21-6-10-24(31)25(32)17-21)16-22(26)18-27-28(35)34(30(40)41-27)12-3-14-38-23-8-4-19(5-9-23)29(36)37/h4-11,16-18H,3,12-15H2,1-2H3,(H,36,37). The maximum Gasteiger partial charge on any atom is 0.335 e. The van der Waals surface area contributed by atoms with Gasteiger partial charge in [0.15, 0.2) is 0 Å². The summed E-state index contributed by atoms with van der Waals surface area (Å²) < 4.78 is 12.2. The molecule has 1 heterocycles. The molecule has 0 aliphatic carbocycles. The Kier molecular flexibility index (Phi) is 10.7. The molecule has 0 radical (unpaired) electrons. The number of hydrogen-bond donors (Lipinski definition) is 1. The van der Waals surface area contributed by atoms with Crippen molar-refractivity contribution in [3.05, 3.63) is 86.7 Å². The molecule has 0 aromatic heterocycles. The molecule has 0 spiro atoms. The lowest BCUT2D eigenvalue weighted by atomic mass is 10.0. The van der Waals surface area contributed by atoms with E-state index in [4.69, 9.17) is 50.0 Å². The molecule has 1 aliphatic rings. The van der Waals surface area contributed by atoms with Gasteiger partial charge in [0.2, 0.25) is 0 Å². The molecule has 1 N–H and O–H groups in total. The minimum absolute atomic E-state index is 0.176. The van der Waals surface area contributed by atoms with Crippen LogP contribution in [-0.2, 0) is 4.79 Å². The van der Waals surface area contributed by atoms with E-state index in [0.717, 1.165) is 23.2 Å². The Hall–Kier alpha value is -3.08. The summed E-state index contributed by atoms with van der Waals surface area (Å²) in [5, 5.41) is 9.95. The van der Waals surface area contributed by atoms with Crippen molar-refractivity contribution < 1.29 is 24.2 Å². The zero-order chi connectivity index (χ0) is 29.5. The van der Waals surface area contributed by atoms with E-state index in [-0.39, 0.29) is 11.5 Å². The molecule has 0 unspecified atom stereocenters. The fourth-order valence-corrected chi connectivity index (χ4v) is 5.52. The molecule has 0 saturated carbocycles. The second-order valence-electron chi connectivity index (χ2n) is 9.40. The molecule has 11 heteroatoms. The number of likely N-dealkylation sites (N-methyl/N-ethyl adjacent to an activating group) is 1. The van der Waals surface area contributed by atoms with Crippen LogP contribution in [0.25, 0.3) is 17.2 Å². The van der Waals surface area contributed by atoms with Crippen LogP contribution in [0.2, 0.25) is 10.0 Å². The summed E-state index contributed by atoms with van der Waals surface area (Å²) in [7, 11) is 3.95. The zero-order valence-corrected chi connectivity index (χ0v) is 25.6. The Morgan fingerprint density at radius 1 is 1.00 bits per heavy atom. The number of carbonyl (C=O) groups excluding carboxylic acids is 1. The summed E-state index contributed by atoms with van der Waals surface area (Å²) in [5.74, 6) is 0.0458. The van der Waals surface area contributed by atoms with E-state index < -0.39 is 5.97 Å². The summed E-state index contributed by atoms with van der Waals surface area (Å²) in [5.41, 5.74) is 2.73. The summed E-state index contributed by atoms with van der Waals surface area (Å²) in [4.78, 5) is 28.4. The smallest absolute Gasteiger partial charge is 0.335 e. The predicted octanol–water partition coefficient (Wildman–Crippen LogP) is 6.97. The molecule has 3 aromatic carbocycles. The number of thioether (sulfide) groups is 1. The molecule has 0 bridgehead atoms. The number of nitrogens with zero attached hydrogens (tertiary/aromatic N) is 2. The van der Waals surface area contributed by atoms with Gasteiger partial charge >= 0.3 is 5.97 Å². The molecule has 1 aliphatic heterocycles. The van der Waals surface area contributed by atoms with Crippen LogP contribution in [0.1, 0.15) is 22.3 Å². The fourth-order valence-electron chi connectivity index (χ4n) is 3.93. The largest absolute Gasteiger partial charge is 0.494 e. The molecule has 3 aromatic rings. The number of carboxylic acids is 1. The quantitative estimate of drug-likeness (QED) is 0.131. The Balaban J connectivity index is 1.47. The van der Waals surface area contributed by atoms with Gasteiger partial charge in [-0.1, -0.05) is 59.3 Å². The van der Waals surface area contributed by atoms with E-state index in [1.807, 2.05) is 49.3 Å². The van der Waals surface area contributed by atoms with Crippen LogP contribution in [0.5, 0.6) is 11.5 Å². The van der Waals surface area contributed by atoms with E-state index >= 15 is 0 Å². The van der Waals surface area contributed by atoms with E-state index in [0.29, 0.717) is 56.9 Å². The summed E-state index contributed by atoms with van der Waals surface area (Å²) in [6.45, 7) is 1.96. The van der Waals surface area contributed by atoms with Crippen molar-refractivity contribution in [1.29, 1.82) is 0 Å². The number of hydrogen-bond acceptors (Lipinski definition) is 7. The van der Waals surface area contributed by atoms with Crippen molar-refractivity contribution in [2.24, 2.45) is 0 Å². The Morgan fingerprint density at radius 2 is 1.71 bits per heavy atom. The van der Waals surface area contributed by atoms with Crippen LogP contribution in [0.3, 0.4) is 0 Å². The van der Waals surface area contributed by atoms with Crippen molar-refractivity contribution in [1.82, 2.24) is 9.80 Å². The molecule has 0 atom stereocenters. The number of halogens is 2. The number of benzene rings is 3. The van der Waals surface area contributed by atoms with E-state index in [1.165, 1.54) is 23.9 Å². The zero-order valence-electron chi connectivity index (χ0n) is 22.4. The lowest BCUT2D eigenvalue weighted by molar-refractivity contribution is -0.122. The molecule has 1 fully saturated rings. The SMILES string of the molecule is CN(C)CCOc1ccc(-c2ccc(Cl)c(Cl)c2)cc1C=C1SC(=S)N(CCCOc2ccc(C(=O)O)cc2)C1=O. The number of thiocarbonyl (C=S) groups is 1. The number of aromatic carboxylic acids is 1. The van der Waals surface area contributed by atoms with Crippen molar-refractivity contribution in [3.63, 3.8) is 0 Å². The van der Waals surface area contributed by atoms with Gasteiger partial charge in [-0.25, -0.2) is 4.79 Å². The lowest BCUT2D eigenvalue weighted by Gasteiger charge is -2.15. The van der Waals surface area contributed by atoms with Gasteiger partial charge in [0.1, 0.15) is 22.4 Å². The predicted molar refractivity (Wildman–Crippen MR) is 169 cm³/mol. The first-order chi connectivity index (χ1) is 19.6. The topological polar surface area (TPSA) is 79.3 Å². The Labute approximate surface area is 258 Å². The lowest BCUT2D eigenvalue weighted by Crippen LogP contribution is -2.29. The van der Waals surface area contributed by atoms with E-state index in [2.05, 4.69) is 0 Å². The van der Waals surface area contributed by atoms with Gasteiger partial charge in [-0.05, 0) is 86.3 Å². The average molecular weight is 632 g/mol. The number of carboxylic acid groups (broad SMARTS) is 1. The molecule has 214 valence electrons. The molecular formula is C30H28Cl2N2O5S2. The van der Waals surface area contributed by atoms with Gasteiger partial charge in [0, 0.05) is 18.7 Å². The molecule has 41 heavy (non-hydrogen) atoms. The van der Waals surface area contributed by atoms with Gasteiger partial charge in [-0.15, -0.1) is 0 Å². The third-order valence-electron chi connectivity index (χ3n) is 6.12. The minimum atomic E-state index is -0.993. The number of carbonyl (C=O) groups is 2. The van der Waals surface area contributed by atoms with Crippen LogP contribution in [0, 0.1) is 0 Å². The summed E-state index contributed by atoms with van der Waals surface area (Å²) in [6.07, 6.45) is 2.36. The molecule has 4 rings (SSSR count). The van der Waals surface area contributed by atoms with Crippen LogP contribution in [0.15, 0.2) is 65.6 Å². The molecule has 1 saturated heterocycles. The average Bonchev–Trinajstić information content (AvgIpc) is 3.20. The van der Waals surface area contributed by atoms with Gasteiger partial charge in [-0.3, -0.25) is 9.69 Å². The molecule has 1 amide bonds. The fraction of sp³-hybridized carbons (Fsp3) is 0.233. The van der Waals surface area contributed by atoms with Gasteiger partial charge in [0.05, 0.1) is 27.1 Å². The van der Waals surface area contributed by atoms with Crippen LogP contribution >= 0.6 is 47.2 Å². The second-order valence-corrected chi connectivity index (χ2v) is 11.9. The third kappa shape index (κ3) is 8.24. The number of ether oxygens (including phenoxy) is 2.